The maximum absolute atomic E-state index is 6.03. The molecule has 1 saturated heterocycles. The van der Waals surface area contributed by atoms with Crippen molar-refractivity contribution in [2.75, 3.05) is 6.61 Å². The van der Waals surface area contributed by atoms with Crippen LogP contribution in [0.25, 0.3) is 32.3 Å². The van der Waals surface area contributed by atoms with E-state index in [4.69, 9.17) is 4.43 Å². The van der Waals surface area contributed by atoms with E-state index in [0.29, 0.717) is 0 Å². The number of benzene rings is 4. The van der Waals surface area contributed by atoms with Crippen LogP contribution in [-0.4, -0.2) is 15.6 Å². The third-order valence-electron chi connectivity index (χ3n) is 5.45. The molecule has 1 aliphatic rings. The lowest BCUT2D eigenvalue weighted by molar-refractivity contribution is 0.286. The van der Waals surface area contributed by atoms with E-state index in [9.17, 15) is 0 Å². The maximum Gasteiger partial charge on any atom is 0.211 e. The monoisotopic (exact) mass is 329 g/mol. The van der Waals surface area contributed by atoms with Gasteiger partial charge in [0.05, 0.1) is 0 Å². The van der Waals surface area contributed by atoms with Gasteiger partial charge in [-0.1, -0.05) is 61.0 Å². The van der Waals surface area contributed by atoms with Crippen LogP contribution in [0.1, 0.15) is 18.4 Å². The van der Waals surface area contributed by atoms with Crippen molar-refractivity contribution in [2.45, 2.75) is 31.4 Å². The highest BCUT2D eigenvalue weighted by atomic mass is 28.3. The van der Waals surface area contributed by atoms with E-state index in [1.165, 1.54) is 62.8 Å². The van der Waals surface area contributed by atoms with E-state index in [2.05, 4.69) is 54.6 Å². The summed E-state index contributed by atoms with van der Waals surface area (Å²) in [6, 6.07) is 23.0. The van der Waals surface area contributed by atoms with Crippen molar-refractivity contribution >= 4 is 41.4 Å². The molecule has 1 nitrogen and oxygen atoms in total. The highest BCUT2D eigenvalue weighted by molar-refractivity contribution is 6.52. The molecule has 0 spiro atoms. The molecular formula is C22H21OSi. The molecule has 0 saturated carbocycles. The Morgan fingerprint density at radius 1 is 0.792 bits per heavy atom. The molecule has 0 aromatic heterocycles. The third-order valence-corrected chi connectivity index (χ3v) is 7.78. The Morgan fingerprint density at radius 3 is 2.33 bits per heavy atom. The molecule has 0 bridgehead atoms. The Hall–Kier alpha value is -1.90. The first-order chi connectivity index (χ1) is 11.9. The first-order valence-corrected chi connectivity index (χ1v) is 10.9. The van der Waals surface area contributed by atoms with Gasteiger partial charge in [0.2, 0.25) is 9.04 Å². The first-order valence-electron chi connectivity index (χ1n) is 9.03. The average molecular weight is 329 g/mol. The molecule has 119 valence electrons. The van der Waals surface area contributed by atoms with Crippen LogP contribution < -0.4 is 0 Å². The summed E-state index contributed by atoms with van der Waals surface area (Å²) in [4.78, 5) is 0. The van der Waals surface area contributed by atoms with E-state index in [0.717, 1.165) is 13.0 Å². The number of hydrogen-bond donors (Lipinski definition) is 0. The fraction of sp³-hybridized carbons (Fsp3) is 0.273. The smallest absolute Gasteiger partial charge is 0.211 e. The number of aryl methyl sites for hydroxylation is 1. The molecule has 0 atom stereocenters. The molecule has 0 unspecified atom stereocenters. The molecule has 24 heavy (non-hydrogen) atoms. The van der Waals surface area contributed by atoms with Crippen molar-refractivity contribution in [3.05, 3.63) is 60.2 Å². The largest absolute Gasteiger partial charge is 0.417 e. The lowest BCUT2D eigenvalue weighted by Crippen LogP contribution is -2.23. The van der Waals surface area contributed by atoms with Crippen LogP contribution >= 0.6 is 0 Å². The molecule has 1 heterocycles. The van der Waals surface area contributed by atoms with Crippen LogP contribution in [0.15, 0.2) is 54.6 Å². The SMILES string of the molecule is c1cc2ccc3ccc(CC[Si]4CCCCO4)c4ccc(c1)c2c34. The molecule has 0 amide bonds. The summed E-state index contributed by atoms with van der Waals surface area (Å²) < 4.78 is 6.03. The fourth-order valence-electron chi connectivity index (χ4n) is 4.20. The summed E-state index contributed by atoms with van der Waals surface area (Å²) in [5.41, 5.74) is 1.49. The minimum absolute atomic E-state index is 0.574. The van der Waals surface area contributed by atoms with Crippen molar-refractivity contribution < 1.29 is 4.43 Å². The van der Waals surface area contributed by atoms with Crippen molar-refractivity contribution in [1.29, 1.82) is 0 Å². The van der Waals surface area contributed by atoms with Gasteiger partial charge < -0.3 is 4.43 Å². The molecule has 1 radical (unpaired) electrons. The Labute approximate surface area is 144 Å². The zero-order chi connectivity index (χ0) is 15.9. The van der Waals surface area contributed by atoms with E-state index < -0.39 is 9.04 Å². The van der Waals surface area contributed by atoms with Crippen LogP contribution in [-0.2, 0) is 10.8 Å². The summed E-state index contributed by atoms with van der Waals surface area (Å²) in [5, 5.41) is 8.38. The van der Waals surface area contributed by atoms with Gasteiger partial charge in [-0.3, -0.25) is 0 Å². The van der Waals surface area contributed by atoms with Gasteiger partial charge in [-0.15, -0.1) is 0 Å². The van der Waals surface area contributed by atoms with Gasteiger partial charge >= 0.3 is 0 Å². The Kier molecular flexibility index (Phi) is 3.53. The molecule has 4 aromatic rings. The zero-order valence-electron chi connectivity index (χ0n) is 13.8. The van der Waals surface area contributed by atoms with Gasteiger partial charge in [0.1, 0.15) is 0 Å². The van der Waals surface area contributed by atoms with Gasteiger partial charge in [-0.05, 0) is 62.8 Å². The van der Waals surface area contributed by atoms with Crippen molar-refractivity contribution in [3.8, 4) is 0 Å². The second-order valence-electron chi connectivity index (χ2n) is 6.92. The van der Waals surface area contributed by atoms with Crippen LogP contribution in [0.5, 0.6) is 0 Å². The first kappa shape index (κ1) is 14.4. The summed E-state index contributed by atoms with van der Waals surface area (Å²) in [5.74, 6) is 0. The second-order valence-corrected chi connectivity index (χ2v) is 9.29. The van der Waals surface area contributed by atoms with Gasteiger partial charge in [0.25, 0.3) is 0 Å². The van der Waals surface area contributed by atoms with Gasteiger partial charge in [0, 0.05) is 6.61 Å². The molecule has 0 N–H and O–H groups in total. The topological polar surface area (TPSA) is 9.23 Å². The lowest BCUT2D eigenvalue weighted by atomic mass is 9.91. The van der Waals surface area contributed by atoms with Crippen LogP contribution in [0, 0.1) is 0 Å². The molecular weight excluding hydrogens is 308 g/mol. The fourth-order valence-corrected chi connectivity index (χ4v) is 6.36. The molecule has 1 aliphatic heterocycles. The average Bonchev–Trinajstić information content (AvgIpc) is 2.66. The molecule has 0 aliphatic carbocycles. The third kappa shape index (κ3) is 2.33. The molecule has 5 rings (SSSR count). The van der Waals surface area contributed by atoms with Crippen LogP contribution in [0.3, 0.4) is 0 Å². The van der Waals surface area contributed by atoms with Gasteiger partial charge in [-0.25, -0.2) is 0 Å². The number of hydrogen-bond acceptors (Lipinski definition) is 1. The molecule has 4 aromatic carbocycles. The Balaban J connectivity index is 1.61. The predicted octanol–water partition coefficient (Wildman–Crippen LogP) is 5.93. The second kappa shape index (κ2) is 5.87. The minimum atomic E-state index is -0.574. The van der Waals surface area contributed by atoms with Gasteiger partial charge in [0.15, 0.2) is 0 Å². The van der Waals surface area contributed by atoms with Crippen LogP contribution in [0.2, 0.25) is 12.1 Å². The van der Waals surface area contributed by atoms with E-state index >= 15 is 0 Å². The summed E-state index contributed by atoms with van der Waals surface area (Å²) in [6.07, 6.45) is 3.78. The maximum atomic E-state index is 6.03. The Bertz CT molecular complexity index is 985. The quantitative estimate of drug-likeness (QED) is 0.334. The summed E-state index contributed by atoms with van der Waals surface area (Å²) in [6.45, 7) is 0.993. The normalized spacial score (nSPS) is 16.5. The highest BCUT2D eigenvalue weighted by Gasteiger charge is 2.18. The summed E-state index contributed by atoms with van der Waals surface area (Å²) in [7, 11) is -0.574. The summed E-state index contributed by atoms with van der Waals surface area (Å²) >= 11 is 0. The highest BCUT2D eigenvalue weighted by Crippen LogP contribution is 2.36. The predicted molar refractivity (Wildman–Crippen MR) is 104 cm³/mol. The Morgan fingerprint density at radius 2 is 1.54 bits per heavy atom. The minimum Gasteiger partial charge on any atom is -0.417 e. The molecule has 2 heteroatoms. The van der Waals surface area contributed by atoms with Crippen molar-refractivity contribution in [2.24, 2.45) is 0 Å². The lowest BCUT2D eigenvalue weighted by Gasteiger charge is -2.20. The van der Waals surface area contributed by atoms with Crippen molar-refractivity contribution in [3.63, 3.8) is 0 Å². The van der Waals surface area contributed by atoms with Crippen LogP contribution in [0.4, 0.5) is 0 Å². The zero-order valence-corrected chi connectivity index (χ0v) is 14.8. The van der Waals surface area contributed by atoms with Crippen molar-refractivity contribution in [1.82, 2.24) is 0 Å². The number of rotatable bonds is 3. The van der Waals surface area contributed by atoms with E-state index in [1.807, 2.05) is 0 Å². The van der Waals surface area contributed by atoms with E-state index in [1.54, 1.807) is 0 Å². The molecule has 1 fully saturated rings. The standard InChI is InChI=1S/C22H21OSi/c1-2-14-24(23-13-1)15-12-16-6-7-19-9-8-17-4-3-5-18-10-11-20(16)22(19)21(17)18/h3-11H,1-2,12-15H2. The van der Waals surface area contributed by atoms with E-state index in [-0.39, 0.29) is 0 Å². The van der Waals surface area contributed by atoms with Gasteiger partial charge in [-0.2, -0.15) is 0 Å².